The minimum absolute atomic E-state index is 0. The van der Waals surface area contributed by atoms with Crippen LogP contribution < -0.4 is 0 Å². The summed E-state index contributed by atoms with van der Waals surface area (Å²) < 4.78 is 1.49. The van der Waals surface area contributed by atoms with Gasteiger partial charge in [0.05, 0.1) is 10.4 Å². The maximum absolute atomic E-state index is 11.0. The molecular weight excluding hydrogens is 303 g/mol. The van der Waals surface area contributed by atoms with Crippen molar-refractivity contribution in [1.82, 2.24) is 14.8 Å². The van der Waals surface area contributed by atoms with E-state index in [0.717, 1.165) is 0 Å². The monoisotopic (exact) mass is 310 g/mol. The molecule has 0 fully saturated rings. The Morgan fingerprint density at radius 1 is 1.20 bits per heavy atom. The number of nitrogens with zero attached hydrogens (tertiary/aromatic N) is 4. The molecule has 0 spiro atoms. The maximum atomic E-state index is 11.0. The van der Waals surface area contributed by atoms with E-state index in [1.54, 1.807) is 36.5 Å². The first kappa shape index (κ1) is 14.2. The third-order valence-electron chi connectivity index (χ3n) is 2.71. The van der Waals surface area contributed by atoms with Crippen LogP contribution >= 0.6 is 24.0 Å². The van der Waals surface area contributed by atoms with Crippen LogP contribution in [0.1, 0.15) is 0 Å². The number of rotatable bonds is 2. The zero-order valence-electron chi connectivity index (χ0n) is 9.93. The largest absolute Gasteiger partial charge is 0.281 e. The average molecular weight is 311 g/mol. The van der Waals surface area contributed by atoms with Crippen molar-refractivity contribution in [2.45, 2.75) is 0 Å². The number of fused-ring (bicyclic) bond motifs is 1. The summed E-state index contributed by atoms with van der Waals surface area (Å²) in [5.41, 5.74) is 0.489. The zero-order chi connectivity index (χ0) is 13.4. The molecule has 3 aromatic rings. The summed E-state index contributed by atoms with van der Waals surface area (Å²) >= 11 is 6.01. The first-order valence-electron chi connectivity index (χ1n) is 5.41. The van der Waals surface area contributed by atoms with Crippen molar-refractivity contribution in [3.05, 3.63) is 57.9 Å². The lowest BCUT2D eigenvalue weighted by Gasteiger charge is -2.01. The quantitative estimate of drug-likeness (QED) is 0.537. The van der Waals surface area contributed by atoms with Gasteiger partial charge in [0.1, 0.15) is 5.39 Å². The van der Waals surface area contributed by atoms with Crippen LogP contribution in [-0.2, 0) is 0 Å². The fraction of sp³-hybridized carbons (Fsp3) is 0. The van der Waals surface area contributed by atoms with Crippen molar-refractivity contribution in [3.63, 3.8) is 0 Å². The van der Waals surface area contributed by atoms with Gasteiger partial charge in [0, 0.05) is 12.3 Å². The Morgan fingerprint density at radius 2 is 2.00 bits per heavy atom. The SMILES string of the molecule is Cl.O=[N+]([O-])c1cccc2c1c(Cl)nn2-c1ccccn1. The molecule has 0 radical (unpaired) electrons. The predicted octanol–water partition coefficient (Wildman–Crippen LogP) is 3.40. The Balaban J connectivity index is 0.00000147. The van der Waals surface area contributed by atoms with E-state index in [1.165, 1.54) is 10.7 Å². The van der Waals surface area contributed by atoms with Gasteiger partial charge in [0.25, 0.3) is 5.69 Å². The fourth-order valence-corrected chi connectivity index (χ4v) is 2.18. The molecule has 102 valence electrons. The predicted molar refractivity (Wildman–Crippen MR) is 77.8 cm³/mol. The van der Waals surface area contributed by atoms with Crippen LogP contribution in [0.3, 0.4) is 0 Å². The van der Waals surface area contributed by atoms with E-state index in [2.05, 4.69) is 10.1 Å². The molecule has 0 amide bonds. The molecule has 0 aliphatic heterocycles. The minimum atomic E-state index is -0.474. The van der Waals surface area contributed by atoms with E-state index in [-0.39, 0.29) is 23.2 Å². The molecule has 0 unspecified atom stereocenters. The van der Waals surface area contributed by atoms with Gasteiger partial charge in [-0.1, -0.05) is 23.7 Å². The van der Waals surface area contributed by atoms with E-state index in [1.807, 2.05) is 0 Å². The molecule has 20 heavy (non-hydrogen) atoms. The Labute approximate surface area is 124 Å². The van der Waals surface area contributed by atoms with Crippen molar-refractivity contribution in [1.29, 1.82) is 0 Å². The Morgan fingerprint density at radius 3 is 2.65 bits per heavy atom. The van der Waals surface area contributed by atoms with Crippen LogP contribution in [0.4, 0.5) is 5.69 Å². The van der Waals surface area contributed by atoms with Crippen molar-refractivity contribution >= 4 is 40.6 Å². The highest BCUT2D eigenvalue weighted by Gasteiger charge is 2.20. The first-order chi connectivity index (χ1) is 9.18. The van der Waals surface area contributed by atoms with E-state index in [0.29, 0.717) is 16.7 Å². The lowest BCUT2D eigenvalue weighted by molar-refractivity contribution is -0.383. The van der Waals surface area contributed by atoms with Crippen molar-refractivity contribution in [2.75, 3.05) is 0 Å². The molecule has 0 saturated heterocycles. The Hall–Kier alpha value is -2.18. The first-order valence-corrected chi connectivity index (χ1v) is 5.79. The topological polar surface area (TPSA) is 73.8 Å². The van der Waals surface area contributed by atoms with Crippen molar-refractivity contribution in [2.24, 2.45) is 0 Å². The van der Waals surface area contributed by atoms with E-state index >= 15 is 0 Å². The molecule has 0 bridgehead atoms. The van der Waals surface area contributed by atoms with Gasteiger partial charge in [0.2, 0.25) is 0 Å². The summed E-state index contributed by atoms with van der Waals surface area (Å²) in [6, 6.07) is 10.1. The van der Waals surface area contributed by atoms with Gasteiger partial charge in [-0.2, -0.15) is 5.10 Å². The third-order valence-corrected chi connectivity index (χ3v) is 2.97. The van der Waals surface area contributed by atoms with Crippen LogP contribution in [0.15, 0.2) is 42.6 Å². The number of aromatic nitrogens is 3. The average Bonchev–Trinajstić information content (AvgIpc) is 2.77. The molecule has 0 atom stereocenters. The highest BCUT2D eigenvalue weighted by atomic mass is 35.5. The van der Waals surface area contributed by atoms with Gasteiger partial charge in [-0.25, -0.2) is 9.67 Å². The summed E-state index contributed by atoms with van der Waals surface area (Å²) in [4.78, 5) is 14.7. The Kier molecular flexibility index (Phi) is 3.87. The summed E-state index contributed by atoms with van der Waals surface area (Å²) in [6.07, 6.45) is 1.62. The van der Waals surface area contributed by atoms with Crippen LogP contribution in [0.2, 0.25) is 5.15 Å². The van der Waals surface area contributed by atoms with Crippen LogP contribution in [0, 0.1) is 10.1 Å². The van der Waals surface area contributed by atoms with E-state index < -0.39 is 4.92 Å². The maximum Gasteiger partial charge on any atom is 0.281 e. The highest BCUT2D eigenvalue weighted by Crippen LogP contribution is 2.32. The van der Waals surface area contributed by atoms with Crippen molar-refractivity contribution < 1.29 is 4.92 Å². The normalized spacial score (nSPS) is 10.2. The van der Waals surface area contributed by atoms with Gasteiger partial charge in [-0.15, -0.1) is 12.4 Å². The van der Waals surface area contributed by atoms with E-state index in [9.17, 15) is 10.1 Å². The molecule has 2 aromatic heterocycles. The second-order valence-electron chi connectivity index (χ2n) is 3.82. The van der Waals surface area contributed by atoms with Crippen LogP contribution in [-0.4, -0.2) is 19.7 Å². The lowest BCUT2D eigenvalue weighted by Crippen LogP contribution is -1.98. The zero-order valence-corrected chi connectivity index (χ0v) is 11.5. The van der Waals surface area contributed by atoms with Gasteiger partial charge in [-0.3, -0.25) is 10.1 Å². The molecule has 8 heteroatoms. The number of hydrogen-bond donors (Lipinski definition) is 0. The van der Waals surface area contributed by atoms with Crippen molar-refractivity contribution in [3.8, 4) is 5.82 Å². The number of nitro benzene ring substituents is 1. The second-order valence-corrected chi connectivity index (χ2v) is 4.18. The molecular formula is C12H8Cl2N4O2. The summed E-state index contributed by atoms with van der Waals surface area (Å²) in [5, 5.41) is 15.5. The van der Waals surface area contributed by atoms with Gasteiger partial charge in [-0.05, 0) is 18.2 Å². The molecule has 6 nitrogen and oxygen atoms in total. The van der Waals surface area contributed by atoms with Gasteiger partial charge in [0.15, 0.2) is 11.0 Å². The van der Waals surface area contributed by atoms with Crippen LogP contribution in [0.25, 0.3) is 16.7 Å². The number of halogens is 2. The second kappa shape index (κ2) is 5.44. The minimum Gasteiger partial charge on any atom is -0.258 e. The smallest absolute Gasteiger partial charge is 0.258 e. The number of nitro groups is 1. The molecule has 0 saturated carbocycles. The molecule has 3 rings (SSSR count). The number of pyridine rings is 1. The molecule has 2 heterocycles. The van der Waals surface area contributed by atoms with Gasteiger partial charge < -0.3 is 0 Å². The summed E-state index contributed by atoms with van der Waals surface area (Å²) in [5.74, 6) is 0.555. The van der Waals surface area contributed by atoms with E-state index in [4.69, 9.17) is 11.6 Å². The number of non-ortho nitro benzene ring substituents is 1. The standard InChI is InChI=1S/C12H7ClN4O2.ClH/c13-12-11-8(4-3-5-9(11)17(18)19)16(15-12)10-6-1-2-7-14-10;/h1-7H;1H. The molecule has 0 N–H and O–H groups in total. The van der Waals surface area contributed by atoms with Crippen LogP contribution in [0.5, 0.6) is 0 Å². The summed E-state index contributed by atoms with van der Waals surface area (Å²) in [7, 11) is 0. The number of hydrogen-bond acceptors (Lipinski definition) is 4. The third kappa shape index (κ3) is 2.19. The fourth-order valence-electron chi connectivity index (χ4n) is 1.91. The van der Waals surface area contributed by atoms with Gasteiger partial charge >= 0.3 is 0 Å². The molecule has 0 aliphatic carbocycles. The molecule has 1 aromatic carbocycles. The summed E-state index contributed by atoms with van der Waals surface area (Å²) in [6.45, 7) is 0. The Bertz CT molecular complexity index is 774. The highest BCUT2D eigenvalue weighted by molar-refractivity contribution is 6.35. The number of benzene rings is 1. The molecule has 0 aliphatic rings. The lowest BCUT2D eigenvalue weighted by atomic mass is 10.2.